The highest BCUT2D eigenvalue weighted by Gasteiger charge is 2.12. The number of carbonyl (C=O) groups is 2. The van der Waals surface area contributed by atoms with Crippen molar-refractivity contribution in [2.24, 2.45) is 0 Å². The van der Waals surface area contributed by atoms with Crippen molar-refractivity contribution in [2.45, 2.75) is 0 Å². The second-order valence-corrected chi connectivity index (χ2v) is 6.29. The molecule has 0 bridgehead atoms. The molecule has 0 saturated carbocycles. The average molecular weight is 406 g/mol. The van der Waals surface area contributed by atoms with E-state index in [9.17, 15) is 9.59 Å². The smallest absolute Gasteiger partial charge is 0.339 e. The summed E-state index contributed by atoms with van der Waals surface area (Å²) in [4.78, 5) is 23.9. The number of amides is 1. The lowest BCUT2D eigenvalue weighted by molar-refractivity contribution is -0.115. The van der Waals surface area contributed by atoms with Gasteiger partial charge < -0.3 is 14.5 Å². The molecular weight excluding hydrogens is 388 g/mol. The number of anilines is 1. The Kier molecular flexibility index (Phi) is 6.55. The maximum atomic E-state index is 12.1. The Morgan fingerprint density at radius 2 is 1.72 bits per heavy atom. The van der Waals surface area contributed by atoms with Crippen LogP contribution in [-0.2, 0) is 9.53 Å². The number of rotatable bonds is 5. The number of hydrogen-bond donors (Lipinski definition) is 2. The van der Waals surface area contributed by atoms with Crippen LogP contribution in [0.2, 0.25) is 0 Å². The first-order valence-electron chi connectivity index (χ1n) is 8.69. The zero-order valence-corrected chi connectivity index (χ0v) is 16.4. The van der Waals surface area contributed by atoms with Gasteiger partial charge in [-0.1, -0.05) is 42.5 Å². The van der Waals surface area contributed by atoms with Crippen molar-refractivity contribution in [2.75, 3.05) is 12.4 Å². The molecule has 0 unspecified atom stereocenters. The maximum Gasteiger partial charge on any atom is 0.339 e. The highest BCUT2D eigenvalue weighted by molar-refractivity contribution is 7.80. The standard InChI is InChI=1S/C22H18N2O4S/c1-27-21(26)17-9-5-6-10-18(17)23-22(29)24-20(25)14-12-16-11-13-19(28-16)15-7-3-2-4-8-15/h2-14H,1H3,(H2,23,24,25,29)/b14-12+. The summed E-state index contributed by atoms with van der Waals surface area (Å²) < 4.78 is 10.4. The van der Waals surface area contributed by atoms with Crippen molar-refractivity contribution in [1.29, 1.82) is 0 Å². The summed E-state index contributed by atoms with van der Waals surface area (Å²) in [6.45, 7) is 0. The van der Waals surface area contributed by atoms with Crippen LogP contribution in [0.5, 0.6) is 0 Å². The normalized spacial score (nSPS) is 10.5. The van der Waals surface area contributed by atoms with Gasteiger partial charge in [0.25, 0.3) is 0 Å². The van der Waals surface area contributed by atoms with Gasteiger partial charge in [0.2, 0.25) is 5.91 Å². The fourth-order valence-corrected chi connectivity index (χ4v) is 2.76. The molecule has 146 valence electrons. The Morgan fingerprint density at radius 3 is 2.48 bits per heavy atom. The molecule has 0 atom stereocenters. The van der Waals surface area contributed by atoms with Gasteiger partial charge in [-0.15, -0.1) is 0 Å². The summed E-state index contributed by atoms with van der Waals surface area (Å²) in [6.07, 6.45) is 2.86. The van der Waals surface area contributed by atoms with Crippen molar-refractivity contribution >= 4 is 41.0 Å². The topological polar surface area (TPSA) is 80.6 Å². The molecule has 1 heterocycles. The van der Waals surface area contributed by atoms with Gasteiger partial charge in [-0.3, -0.25) is 10.1 Å². The first-order chi connectivity index (χ1) is 14.1. The third-order valence-corrected chi connectivity index (χ3v) is 4.11. The number of hydrogen-bond acceptors (Lipinski definition) is 5. The van der Waals surface area contributed by atoms with Gasteiger partial charge >= 0.3 is 5.97 Å². The number of thiocarbonyl (C=S) groups is 1. The minimum absolute atomic E-state index is 0.0559. The van der Waals surface area contributed by atoms with E-state index >= 15 is 0 Å². The highest BCUT2D eigenvalue weighted by Crippen LogP contribution is 2.22. The number of carbonyl (C=O) groups excluding carboxylic acids is 2. The fraction of sp³-hybridized carbons (Fsp3) is 0.0455. The lowest BCUT2D eigenvalue weighted by Gasteiger charge is -2.11. The Morgan fingerprint density at radius 1 is 1.00 bits per heavy atom. The average Bonchev–Trinajstić information content (AvgIpc) is 3.22. The Labute approximate surface area is 173 Å². The summed E-state index contributed by atoms with van der Waals surface area (Å²) in [7, 11) is 1.29. The zero-order valence-electron chi connectivity index (χ0n) is 15.5. The zero-order chi connectivity index (χ0) is 20.6. The second kappa shape index (κ2) is 9.48. The molecule has 3 aromatic rings. The van der Waals surface area contributed by atoms with E-state index in [4.69, 9.17) is 21.4 Å². The first kappa shape index (κ1) is 20.0. The van der Waals surface area contributed by atoms with Crippen molar-refractivity contribution in [3.05, 3.63) is 84.1 Å². The lowest BCUT2D eigenvalue weighted by atomic mass is 10.2. The van der Waals surface area contributed by atoms with Crippen LogP contribution in [0.4, 0.5) is 5.69 Å². The van der Waals surface area contributed by atoms with Crippen molar-refractivity contribution < 1.29 is 18.7 Å². The van der Waals surface area contributed by atoms with E-state index in [2.05, 4.69) is 10.6 Å². The summed E-state index contributed by atoms with van der Waals surface area (Å²) >= 11 is 5.14. The fourth-order valence-electron chi connectivity index (χ4n) is 2.54. The summed E-state index contributed by atoms with van der Waals surface area (Å²) in [6, 6.07) is 20.0. The van der Waals surface area contributed by atoms with Gasteiger partial charge in [0.05, 0.1) is 18.4 Å². The van der Waals surface area contributed by atoms with E-state index < -0.39 is 11.9 Å². The summed E-state index contributed by atoms with van der Waals surface area (Å²) in [5.41, 5.74) is 1.70. The van der Waals surface area contributed by atoms with Crippen LogP contribution < -0.4 is 10.6 Å². The number of para-hydroxylation sites is 1. The quantitative estimate of drug-likeness (QED) is 0.374. The van der Waals surface area contributed by atoms with Crippen molar-refractivity contribution in [3.8, 4) is 11.3 Å². The molecule has 2 aromatic carbocycles. The molecular formula is C22H18N2O4S. The van der Waals surface area contributed by atoms with E-state index in [1.807, 2.05) is 36.4 Å². The predicted molar refractivity (Wildman–Crippen MR) is 115 cm³/mol. The molecule has 3 rings (SSSR count). The highest BCUT2D eigenvalue weighted by atomic mass is 32.1. The van der Waals surface area contributed by atoms with Crippen LogP contribution in [-0.4, -0.2) is 24.1 Å². The molecule has 0 aliphatic rings. The minimum Gasteiger partial charge on any atom is -0.465 e. The lowest BCUT2D eigenvalue weighted by Crippen LogP contribution is -2.33. The molecule has 0 aliphatic heterocycles. The van der Waals surface area contributed by atoms with Crippen LogP contribution in [0.25, 0.3) is 17.4 Å². The third kappa shape index (κ3) is 5.40. The number of nitrogens with one attached hydrogen (secondary N) is 2. The number of esters is 1. The molecule has 0 fully saturated rings. The molecule has 0 aliphatic carbocycles. The number of benzene rings is 2. The van der Waals surface area contributed by atoms with Crippen LogP contribution >= 0.6 is 12.2 Å². The molecule has 0 saturated heterocycles. The summed E-state index contributed by atoms with van der Waals surface area (Å²) in [5, 5.41) is 5.40. The Balaban J connectivity index is 1.59. The Bertz CT molecular complexity index is 1060. The van der Waals surface area contributed by atoms with Gasteiger partial charge in [0.1, 0.15) is 11.5 Å². The van der Waals surface area contributed by atoms with Crippen LogP contribution in [0.1, 0.15) is 16.1 Å². The number of methoxy groups -OCH3 is 1. The summed E-state index contributed by atoms with van der Waals surface area (Å²) in [5.74, 6) is 0.307. The predicted octanol–water partition coefficient (Wildman–Crippen LogP) is 4.26. The largest absolute Gasteiger partial charge is 0.465 e. The molecule has 0 spiro atoms. The minimum atomic E-state index is -0.505. The third-order valence-electron chi connectivity index (χ3n) is 3.90. The van der Waals surface area contributed by atoms with E-state index in [0.717, 1.165) is 5.56 Å². The molecule has 0 radical (unpaired) electrons. The van der Waals surface area contributed by atoms with Gasteiger partial charge in [-0.25, -0.2) is 4.79 Å². The number of ether oxygens (including phenoxy) is 1. The van der Waals surface area contributed by atoms with Gasteiger partial charge in [0, 0.05) is 11.6 Å². The Hall–Kier alpha value is -3.71. The van der Waals surface area contributed by atoms with Crippen LogP contribution in [0.15, 0.2) is 77.2 Å². The van der Waals surface area contributed by atoms with Gasteiger partial charge in [-0.05, 0) is 42.6 Å². The molecule has 1 aromatic heterocycles. The van der Waals surface area contributed by atoms with Gasteiger partial charge in [-0.2, -0.15) is 0 Å². The SMILES string of the molecule is COC(=O)c1ccccc1NC(=S)NC(=O)/C=C/c1ccc(-c2ccccc2)o1. The second-order valence-electron chi connectivity index (χ2n) is 5.88. The number of furan rings is 1. The van der Waals surface area contributed by atoms with E-state index in [0.29, 0.717) is 22.8 Å². The van der Waals surface area contributed by atoms with E-state index in [1.165, 1.54) is 13.2 Å². The molecule has 29 heavy (non-hydrogen) atoms. The van der Waals surface area contributed by atoms with Crippen LogP contribution in [0, 0.1) is 0 Å². The molecule has 2 N–H and O–H groups in total. The molecule has 1 amide bonds. The molecule has 7 heteroatoms. The van der Waals surface area contributed by atoms with E-state index in [1.54, 1.807) is 36.4 Å². The van der Waals surface area contributed by atoms with Gasteiger partial charge in [0.15, 0.2) is 5.11 Å². The maximum absolute atomic E-state index is 12.1. The first-order valence-corrected chi connectivity index (χ1v) is 9.10. The molecule has 6 nitrogen and oxygen atoms in total. The van der Waals surface area contributed by atoms with Crippen LogP contribution in [0.3, 0.4) is 0 Å². The van der Waals surface area contributed by atoms with Crippen molar-refractivity contribution in [1.82, 2.24) is 5.32 Å². The monoisotopic (exact) mass is 406 g/mol. The van der Waals surface area contributed by atoms with E-state index in [-0.39, 0.29) is 5.11 Å². The van der Waals surface area contributed by atoms with Crippen molar-refractivity contribution in [3.63, 3.8) is 0 Å².